The van der Waals surface area contributed by atoms with Gasteiger partial charge in [0.1, 0.15) is 22.3 Å². The van der Waals surface area contributed by atoms with Crippen molar-refractivity contribution in [1.29, 1.82) is 0 Å². The smallest absolute Gasteiger partial charge is 0.341 e. The van der Waals surface area contributed by atoms with E-state index in [2.05, 4.69) is 10.3 Å². The van der Waals surface area contributed by atoms with E-state index in [-0.39, 0.29) is 10.6 Å². The molecule has 10 nitrogen and oxygen atoms in total. The van der Waals surface area contributed by atoms with E-state index in [0.717, 1.165) is 46.3 Å². The molecule has 2 heterocycles. The van der Waals surface area contributed by atoms with Crippen molar-refractivity contribution < 1.29 is 32.3 Å². The molecule has 0 saturated heterocycles. The lowest BCUT2D eigenvalue weighted by atomic mass is 10.1. The predicted molar refractivity (Wildman–Crippen MR) is 142 cm³/mol. The summed E-state index contributed by atoms with van der Waals surface area (Å²) in [5, 5.41) is 2.84. The minimum Gasteiger partial charge on any atom is -0.497 e. The Morgan fingerprint density at radius 1 is 1.08 bits per heavy atom. The fourth-order valence-electron chi connectivity index (χ4n) is 4.24. The van der Waals surface area contributed by atoms with Crippen molar-refractivity contribution in [3.05, 3.63) is 39.0 Å². The van der Waals surface area contributed by atoms with Crippen LogP contribution in [0.2, 0.25) is 0 Å². The molecule has 13 heteroatoms. The van der Waals surface area contributed by atoms with Crippen LogP contribution in [0.3, 0.4) is 0 Å². The van der Waals surface area contributed by atoms with E-state index < -0.39 is 39.1 Å². The van der Waals surface area contributed by atoms with Crippen LogP contribution >= 0.6 is 22.7 Å². The molecular weight excluding hydrogens is 538 g/mol. The van der Waals surface area contributed by atoms with Gasteiger partial charge >= 0.3 is 5.97 Å². The Balaban J connectivity index is 1.48. The summed E-state index contributed by atoms with van der Waals surface area (Å²) >= 11 is 2.49. The van der Waals surface area contributed by atoms with Crippen molar-refractivity contribution in [2.24, 2.45) is 12.0 Å². The largest absolute Gasteiger partial charge is 0.497 e. The van der Waals surface area contributed by atoms with Crippen LogP contribution in [0.4, 0.5) is 5.00 Å². The Labute approximate surface area is 221 Å². The molecule has 0 unspecified atom stereocenters. The molecule has 0 atom stereocenters. The second-order valence-corrected chi connectivity index (χ2v) is 12.8. The molecule has 198 valence electrons. The van der Waals surface area contributed by atoms with Gasteiger partial charge in [0.05, 0.1) is 30.0 Å². The lowest BCUT2D eigenvalue weighted by Crippen LogP contribution is -2.28. The van der Waals surface area contributed by atoms with Crippen LogP contribution in [0.1, 0.15) is 40.1 Å². The zero-order chi connectivity index (χ0) is 26.7. The maximum absolute atomic E-state index is 12.7. The van der Waals surface area contributed by atoms with Gasteiger partial charge in [0.25, 0.3) is 5.91 Å². The van der Waals surface area contributed by atoms with Crippen LogP contribution in [0, 0.1) is 0 Å². The summed E-state index contributed by atoms with van der Waals surface area (Å²) in [4.78, 5) is 42.9. The monoisotopic (exact) mass is 565 g/mol. The predicted octanol–water partition coefficient (Wildman–Crippen LogP) is 2.85. The summed E-state index contributed by atoms with van der Waals surface area (Å²) < 4.78 is 37.9. The summed E-state index contributed by atoms with van der Waals surface area (Å²) in [6, 6.07) is 5.40. The van der Waals surface area contributed by atoms with Gasteiger partial charge in [-0.3, -0.25) is 9.59 Å². The van der Waals surface area contributed by atoms with Crippen LogP contribution in [-0.4, -0.2) is 56.5 Å². The van der Waals surface area contributed by atoms with Gasteiger partial charge in [0, 0.05) is 11.9 Å². The summed E-state index contributed by atoms with van der Waals surface area (Å²) in [5.41, 5.74) is 1.96. The molecule has 0 spiro atoms. The van der Waals surface area contributed by atoms with Gasteiger partial charge in [-0.15, -0.1) is 11.3 Å². The van der Waals surface area contributed by atoms with Crippen LogP contribution in [-0.2, 0) is 44.1 Å². The normalized spacial score (nSPS) is 14.2. The second kappa shape index (κ2) is 11.2. The SMILES string of the molecule is COC(=O)c1c(NC(=O)CS(=O)(=O)CC(=O)N=c2sc3cc(OC)ccc3n2C)sc2c1CCCCC2. The molecule has 1 aromatic carbocycles. The fourth-order valence-corrected chi connectivity index (χ4v) is 7.61. The number of carbonyl (C=O) groups excluding carboxylic acids is 3. The minimum atomic E-state index is -4.11. The molecule has 3 aromatic rings. The highest BCUT2D eigenvalue weighted by Gasteiger charge is 2.28. The van der Waals surface area contributed by atoms with E-state index in [9.17, 15) is 22.8 Å². The number of thiazole rings is 1. The van der Waals surface area contributed by atoms with Crippen molar-refractivity contribution in [3.63, 3.8) is 0 Å². The lowest BCUT2D eigenvalue weighted by Gasteiger charge is -2.07. The highest BCUT2D eigenvalue weighted by molar-refractivity contribution is 7.92. The Kier molecular flexibility index (Phi) is 8.14. The zero-order valence-electron chi connectivity index (χ0n) is 20.7. The number of anilines is 1. The van der Waals surface area contributed by atoms with Crippen molar-refractivity contribution >= 4 is 65.5 Å². The highest BCUT2D eigenvalue weighted by Crippen LogP contribution is 2.38. The first-order chi connectivity index (χ1) is 17.6. The molecule has 0 radical (unpaired) electrons. The number of rotatable bonds is 7. The molecule has 4 rings (SSSR count). The number of ether oxygens (including phenoxy) is 2. The molecule has 0 bridgehead atoms. The average Bonchev–Trinajstić information content (AvgIpc) is 3.22. The van der Waals surface area contributed by atoms with Gasteiger partial charge in [-0.1, -0.05) is 17.8 Å². The van der Waals surface area contributed by atoms with E-state index in [4.69, 9.17) is 9.47 Å². The average molecular weight is 566 g/mol. The highest BCUT2D eigenvalue weighted by atomic mass is 32.2. The van der Waals surface area contributed by atoms with E-state index >= 15 is 0 Å². The fraction of sp³-hybridized carbons (Fsp3) is 0.417. The number of aromatic nitrogens is 1. The number of methoxy groups -OCH3 is 2. The van der Waals surface area contributed by atoms with E-state index in [1.807, 2.05) is 6.07 Å². The van der Waals surface area contributed by atoms with E-state index in [1.54, 1.807) is 30.9 Å². The molecule has 37 heavy (non-hydrogen) atoms. The van der Waals surface area contributed by atoms with Crippen molar-refractivity contribution in [3.8, 4) is 5.75 Å². The number of benzene rings is 1. The van der Waals surface area contributed by atoms with Crippen LogP contribution in [0.5, 0.6) is 5.75 Å². The standard InChI is InChI=1S/C24H27N3O7S3/c1-27-16-10-9-14(33-2)11-18(16)36-24(27)26-20(29)13-37(31,32)12-19(28)25-22-21(23(30)34-3)15-7-5-4-6-8-17(15)35-22/h9-11H,4-8,12-13H2,1-3H3,(H,25,28). The Morgan fingerprint density at radius 3 is 2.57 bits per heavy atom. The molecular formula is C24H27N3O7S3. The number of esters is 1. The number of sulfone groups is 1. The minimum absolute atomic E-state index is 0.280. The first-order valence-corrected chi connectivity index (χ1v) is 15.0. The number of aryl methyl sites for hydroxylation is 2. The van der Waals surface area contributed by atoms with E-state index in [1.165, 1.54) is 29.8 Å². The van der Waals surface area contributed by atoms with Crippen molar-refractivity contribution in [1.82, 2.24) is 4.57 Å². The van der Waals surface area contributed by atoms with Gasteiger partial charge in [0.2, 0.25) is 5.91 Å². The molecule has 2 amide bonds. The third-order valence-corrected chi connectivity index (χ3v) is 9.69. The number of amides is 2. The van der Waals surface area contributed by atoms with Crippen LogP contribution < -0.4 is 14.9 Å². The molecule has 0 fully saturated rings. The van der Waals surface area contributed by atoms with Crippen molar-refractivity contribution in [2.75, 3.05) is 31.0 Å². The topological polar surface area (TPSA) is 133 Å². The second-order valence-electron chi connectivity index (χ2n) is 8.62. The summed E-state index contributed by atoms with van der Waals surface area (Å²) in [7, 11) is 0.427. The van der Waals surface area contributed by atoms with Gasteiger partial charge in [-0.2, -0.15) is 4.99 Å². The number of thiophene rings is 1. The Morgan fingerprint density at radius 2 is 1.84 bits per heavy atom. The van der Waals surface area contributed by atoms with Gasteiger partial charge in [-0.25, -0.2) is 13.2 Å². The number of nitrogens with zero attached hydrogens (tertiary/aromatic N) is 2. The summed E-state index contributed by atoms with van der Waals surface area (Å²) in [6.07, 6.45) is 4.44. The van der Waals surface area contributed by atoms with Crippen LogP contribution in [0.25, 0.3) is 10.2 Å². The lowest BCUT2D eigenvalue weighted by molar-refractivity contribution is -0.115. The first-order valence-electron chi connectivity index (χ1n) is 11.6. The number of carbonyl (C=O) groups is 3. The third-order valence-electron chi connectivity index (χ3n) is 6.00. The van der Waals surface area contributed by atoms with Crippen LogP contribution in [0.15, 0.2) is 23.2 Å². The molecule has 1 aliphatic carbocycles. The van der Waals surface area contributed by atoms with Crippen molar-refractivity contribution in [2.45, 2.75) is 32.1 Å². The first kappa shape index (κ1) is 27.0. The Hall–Kier alpha value is -3.03. The number of fused-ring (bicyclic) bond motifs is 2. The molecule has 0 saturated carbocycles. The number of hydrogen-bond donors (Lipinski definition) is 1. The number of nitrogens with one attached hydrogen (secondary N) is 1. The number of hydrogen-bond acceptors (Lipinski definition) is 9. The molecule has 1 N–H and O–H groups in total. The molecule has 0 aliphatic heterocycles. The Bertz CT molecular complexity index is 1550. The molecule has 2 aromatic heterocycles. The maximum Gasteiger partial charge on any atom is 0.341 e. The summed E-state index contributed by atoms with van der Waals surface area (Å²) in [6.45, 7) is 0. The zero-order valence-corrected chi connectivity index (χ0v) is 23.1. The molecule has 1 aliphatic rings. The quantitative estimate of drug-likeness (QED) is 0.344. The third kappa shape index (κ3) is 6.11. The van der Waals surface area contributed by atoms with Gasteiger partial charge in [-0.05, 0) is 49.4 Å². The summed E-state index contributed by atoms with van der Waals surface area (Å²) in [5.74, 6) is -3.44. The van der Waals surface area contributed by atoms with Gasteiger partial charge in [0.15, 0.2) is 14.6 Å². The van der Waals surface area contributed by atoms with E-state index in [0.29, 0.717) is 17.0 Å². The van der Waals surface area contributed by atoms with Gasteiger partial charge < -0.3 is 19.4 Å². The maximum atomic E-state index is 12.7.